The zero-order valence-corrected chi connectivity index (χ0v) is 10.5. The third kappa shape index (κ3) is 6.08. The topological polar surface area (TPSA) is 117 Å². The highest BCUT2D eigenvalue weighted by molar-refractivity contribution is 7.51. The van der Waals surface area contributed by atoms with Crippen molar-refractivity contribution in [1.29, 1.82) is 0 Å². The van der Waals surface area contributed by atoms with Crippen LogP contribution in [0, 0.1) is 0 Å². The molecule has 0 bridgehead atoms. The molecule has 0 aromatic heterocycles. The van der Waals surface area contributed by atoms with Gasteiger partial charge in [0.2, 0.25) is 0 Å². The van der Waals surface area contributed by atoms with Crippen LogP contribution in [0.5, 0.6) is 0 Å². The third-order valence-electron chi connectivity index (χ3n) is 1.81. The lowest BCUT2D eigenvalue weighted by Crippen LogP contribution is -2.25. The summed E-state index contributed by atoms with van der Waals surface area (Å²) in [6, 6.07) is 0. The smallest absolute Gasteiger partial charge is 0.313 e. The molecule has 1 rings (SSSR count). The first-order chi connectivity index (χ1) is 7.41. The van der Waals surface area contributed by atoms with E-state index in [0.717, 1.165) is 12.8 Å². The quantitative estimate of drug-likeness (QED) is 0.414. The van der Waals surface area contributed by atoms with E-state index in [9.17, 15) is 9.13 Å². The van der Waals surface area contributed by atoms with Crippen molar-refractivity contribution in [3.63, 3.8) is 0 Å². The van der Waals surface area contributed by atoms with Gasteiger partial charge in [-0.1, -0.05) is 0 Å². The first kappa shape index (κ1) is 14.3. The van der Waals surface area contributed by atoms with Gasteiger partial charge in [0.15, 0.2) is 0 Å². The summed E-state index contributed by atoms with van der Waals surface area (Å²) in [5.74, 6) is 0. The van der Waals surface area contributed by atoms with Gasteiger partial charge in [-0.2, -0.15) is 0 Å². The Balaban J connectivity index is 2.25. The zero-order valence-electron chi connectivity index (χ0n) is 8.66. The molecule has 4 N–H and O–H groups in total. The Morgan fingerprint density at radius 1 is 1.19 bits per heavy atom. The van der Waals surface area contributed by atoms with Gasteiger partial charge in [0.25, 0.3) is 0 Å². The largest absolute Gasteiger partial charge is 0.405 e. The Morgan fingerprint density at radius 2 is 1.75 bits per heavy atom. The van der Waals surface area contributed by atoms with Crippen molar-refractivity contribution in [3.8, 4) is 0 Å². The molecule has 1 heterocycles. The normalized spacial score (nSPS) is 21.6. The molecule has 0 atom stereocenters. The molecule has 0 aromatic carbocycles. The maximum absolute atomic E-state index is 11.8. The van der Waals surface area contributed by atoms with Crippen LogP contribution < -0.4 is 10.2 Å². The van der Waals surface area contributed by atoms with Crippen molar-refractivity contribution in [2.45, 2.75) is 12.8 Å². The monoisotopic (exact) mass is 274 g/mol. The van der Waals surface area contributed by atoms with Crippen LogP contribution in [0.4, 0.5) is 0 Å². The summed E-state index contributed by atoms with van der Waals surface area (Å²) in [6.07, 6.45) is 1.57. The molecule has 1 aliphatic rings. The maximum Gasteiger partial charge on any atom is 0.405 e. The Kier molecular flexibility index (Phi) is 5.56. The van der Waals surface area contributed by atoms with E-state index in [2.05, 4.69) is 5.09 Å². The van der Waals surface area contributed by atoms with Crippen LogP contribution in [0.15, 0.2) is 0 Å². The maximum atomic E-state index is 11.8. The highest BCUT2D eigenvalue weighted by Gasteiger charge is 2.26. The van der Waals surface area contributed by atoms with E-state index in [1.54, 1.807) is 0 Å². The summed E-state index contributed by atoms with van der Waals surface area (Å²) in [7, 11) is -7.51. The van der Waals surface area contributed by atoms with Crippen LogP contribution in [-0.4, -0.2) is 36.1 Å². The number of hydrogen-bond acceptors (Lipinski definition) is 4. The van der Waals surface area contributed by atoms with Crippen LogP contribution in [0.2, 0.25) is 0 Å². The lowest BCUT2D eigenvalue weighted by Gasteiger charge is -2.16. The first-order valence-corrected chi connectivity index (χ1v) is 8.02. The Labute approximate surface area is 93.5 Å². The Hall–Kier alpha value is 0.220. The molecule has 0 amide bonds. The van der Waals surface area contributed by atoms with Crippen LogP contribution in [0.25, 0.3) is 0 Å². The first-order valence-electron chi connectivity index (χ1n) is 4.86. The lowest BCUT2D eigenvalue weighted by atomic mass is 10.3. The van der Waals surface area contributed by atoms with E-state index < -0.39 is 15.5 Å². The molecular weight excluding hydrogens is 258 g/mol. The minimum Gasteiger partial charge on any atom is -0.313 e. The van der Waals surface area contributed by atoms with Crippen molar-refractivity contribution in [2.24, 2.45) is 0 Å². The second kappa shape index (κ2) is 6.23. The molecule has 0 saturated carbocycles. The fraction of sp³-hybridized carbons (Fsp3) is 1.00. The second-order valence-corrected chi connectivity index (χ2v) is 6.46. The summed E-state index contributed by atoms with van der Waals surface area (Å²) in [6.45, 7) is 0.774. The minimum atomic E-state index is -4.23. The van der Waals surface area contributed by atoms with Crippen molar-refractivity contribution < 1.29 is 28.0 Å². The standard InChI is InChI=1S/C6H16N2O6P2/c9-15(10,11)7-3-4-8-16(12)13-5-1-2-6-14-16/h1-6H2,(H,8,12)(H3,7,9,10,11). The van der Waals surface area contributed by atoms with Crippen LogP contribution >= 0.6 is 15.5 Å². The van der Waals surface area contributed by atoms with E-state index >= 15 is 0 Å². The van der Waals surface area contributed by atoms with Crippen molar-refractivity contribution >= 4 is 15.5 Å². The summed E-state index contributed by atoms with van der Waals surface area (Å²) in [4.78, 5) is 17.0. The van der Waals surface area contributed by atoms with Gasteiger partial charge in [-0.05, 0) is 12.8 Å². The Morgan fingerprint density at radius 3 is 2.25 bits per heavy atom. The highest BCUT2D eigenvalue weighted by atomic mass is 31.2. The molecule has 1 saturated heterocycles. The summed E-state index contributed by atoms with van der Waals surface area (Å²) < 4.78 is 32.3. The molecule has 96 valence electrons. The number of hydrogen-bond donors (Lipinski definition) is 4. The lowest BCUT2D eigenvalue weighted by molar-refractivity contribution is 0.229. The average molecular weight is 274 g/mol. The molecule has 0 unspecified atom stereocenters. The van der Waals surface area contributed by atoms with Crippen molar-refractivity contribution in [1.82, 2.24) is 10.2 Å². The number of rotatable bonds is 5. The zero-order chi connectivity index (χ0) is 12.1. The van der Waals surface area contributed by atoms with E-state index in [1.165, 1.54) is 0 Å². The molecule has 0 spiro atoms. The highest BCUT2D eigenvalue weighted by Crippen LogP contribution is 2.45. The van der Waals surface area contributed by atoms with E-state index in [4.69, 9.17) is 18.8 Å². The van der Waals surface area contributed by atoms with E-state index in [-0.39, 0.29) is 13.1 Å². The van der Waals surface area contributed by atoms with Gasteiger partial charge in [-0.3, -0.25) is 9.05 Å². The molecular formula is C6H16N2O6P2. The molecule has 1 aliphatic heterocycles. The molecule has 0 radical (unpaired) electrons. The molecule has 16 heavy (non-hydrogen) atoms. The third-order valence-corrected chi connectivity index (χ3v) is 4.10. The average Bonchev–Trinajstić information content (AvgIpc) is 2.37. The van der Waals surface area contributed by atoms with Crippen LogP contribution in [0.1, 0.15) is 12.8 Å². The fourth-order valence-corrected chi connectivity index (χ4v) is 2.88. The summed E-state index contributed by atoms with van der Waals surface area (Å²) >= 11 is 0. The minimum absolute atomic E-state index is 0.0268. The van der Waals surface area contributed by atoms with Gasteiger partial charge in [0.05, 0.1) is 13.2 Å². The molecule has 8 nitrogen and oxygen atoms in total. The van der Waals surface area contributed by atoms with Gasteiger partial charge in [-0.25, -0.2) is 19.3 Å². The Bertz CT molecular complexity index is 293. The van der Waals surface area contributed by atoms with Gasteiger partial charge < -0.3 is 9.79 Å². The van der Waals surface area contributed by atoms with Gasteiger partial charge in [0.1, 0.15) is 0 Å². The molecule has 1 fully saturated rings. The molecule has 0 aromatic rings. The van der Waals surface area contributed by atoms with E-state index in [1.807, 2.05) is 5.09 Å². The second-order valence-electron chi connectivity index (χ2n) is 3.23. The van der Waals surface area contributed by atoms with Gasteiger partial charge in [-0.15, -0.1) is 0 Å². The predicted molar refractivity (Wildman–Crippen MR) is 56.8 cm³/mol. The van der Waals surface area contributed by atoms with Crippen LogP contribution in [-0.2, 0) is 18.2 Å². The fourth-order valence-electron chi connectivity index (χ4n) is 1.10. The SMILES string of the molecule is O=P(O)(O)NCCNP1(=O)OCCCCO1. The van der Waals surface area contributed by atoms with Crippen molar-refractivity contribution in [2.75, 3.05) is 26.3 Å². The predicted octanol–water partition coefficient (Wildman–Crippen LogP) is 0.193. The summed E-state index contributed by atoms with van der Waals surface area (Å²) in [5.41, 5.74) is 0. The van der Waals surface area contributed by atoms with Crippen LogP contribution in [0.3, 0.4) is 0 Å². The van der Waals surface area contributed by atoms with Gasteiger partial charge >= 0.3 is 15.5 Å². The number of nitrogens with one attached hydrogen (secondary N) is 2. The molecule has 0 aliphatic carbocycles. The van der Waals surface area contributed by atoms with Crippen molar-refractivity contribution in [3.05, 3.63) is 0 Å². The molecule has 10 heteroatoms. The summed E-state index contributed by atoms with van der Waals surface area (Å²) in [5, 5.41) is 4.48. The van der Waals surface area contributed by atoms with Gasteiger partial charge in [0, 0.05) is 13.1 Å². The van der Waals surface area contributed by atoms with E-state index in [0.29, 0.717) is 13.2 Å².